The van der Waals surface area contributed by atoms with Gasteiger partial charge in [-0.3, -0.25) is 0 Å². The molecule has 0 aliphatic carbocycles. The van der Waals surface area contributed by atoms with Gasteiger partial charge in [0.2, 0.25) is 0 Å². The van der Waals surface area contributed by atoms with Crippen LogP contribution in [0.3, 0.4) is 0 Å². The summed E-state index contributed by atoms with van der Waals surface area (Å²) in [5.41, 5.74) is 1.35. The molecule has 0 atom stereocenters. The minimum Gasteiger partial charge on any atom is -0.348 e. The number of fused-ring (bicyclic) bond motifs is 1. The molecule has 0 spiro atoms. The average Bonchev–Trinajstić information content (AvgIpc) is 2.89. The van der Waals surface area contributed by atoms with Crippen LogP contribution in [0, 0.1) is 0 Å². The van der Waals surface area contributed by atoms with Gasteiger partial charge in [-0.2, -0.15) is 0 Å². The van der Waals surface area contributed by atoms with Crippen molar-refractivity contribution in [1.82, 2.24) is 9.97 Å². The van der Waals surface area contributed by atoms with Crippen LogP contribution in [0.2, 0.25) is 0 Å². The maximum atomic E-state index is 4.25. The molecule has 0 saturated heterocycles. The summed E-state index contributed by atoms with van der Waals surface area (Å²) in [5, 5.41) is 3.56. The summed E-state index contributed by atoms with van der Waals surface area (Å²) in [6.45, 7) is 0. The number of H-pyrrole nitrogens is 1. The third-order valence-electron chi connectivity index (χ3n) is 2.47. The number of rotatable bonds is 2. The van der Waals surface area contributed by atoms with Gasteiger partial charge in [-0.25, -0.2) is 4.98 Å². The van der Waals surface area contributed by atoms with Crippen molar-refractivity contribution in [1.29, 1.82) is 0 Å². The first-order valence-corrected chi connectivity index (χ1v) is 5.75. The molecule has 3 rings (SSSR count). The lowest BCUT2D eigenvalue weighted by Gasteiger charge is -1.95. The van der Waals surface area contributed by atoms with Crippen LogP contribution in [0.15, 0.2) is 42.0 Å². The Morgan fingerprint density at radius 2 is 2.20 bits per heavy atom. The van der Waals surface area contributed by atoms with E-state index in [1.807, 2.05) is 6.20 Å². The summed E-state index contributed by atoms with van der Waals surface area (Å²) >= 11 is 1.79. The quantitative estimate of drug-likeness (QED) is 0.697. The van der Waals surface area contributed by atoms with E-state index in [1.54, 1.807) is 17.5 Å². The summed E-state index contributed by atoms with van der Waals surface area (Å²) in [7, 11) is 0. The predicted octanol–water partition coefficient (Wildman–Crippen LogP) is 3.22. The largest absolute Gasteiger partial charge is 0.348 e. The first-order valence-electron chi connectivity index (χ1n) is 4.87. The number of imidazole rings is 1. The Morgan fingerprint density at radius 3 is 3.07 bits per heavy atom. The van der Waals surface area contributed by atoms with Gasteiger partial charge in [0.25, 0.3) is 0 Å². The van der Waals surface area contributed by atoms with E-state index in [9.17, 15) is 0 Å². The monoisotopic (exact) mass is 214 g/mol. The highest BCUT2D eigenvalue weighted by atomic mass is 32.1. The van der Waals surface area contributed by atoms with Crippen LogP contribution in [0.5, 0.6) is 0 Å². The molecule has 0 radical (unpaired) electrons. The zero-order valence-electron chi connectivity index (χ0n) is 8.10. The Balaban J connectivity index is 2.05. The highest BCUT2D eigenvalue weighted by Crippen LogP contribution is 2.26. The van der Waals surface area contributed by atoms with Crippen molar-refractivity contribution in [3.8, 4) is 0 Å². The van der Waals surface area contributed by atoms with E-state index in [2.05, 4.69) is 39.6 Å². The smallest absolute Gasteiger partial charge is 0.110 e. The average molecular weight is 214 g/mol. The molecule has 15 heavy (non-hydrogen) atoms. The van der Waals surface area contributed by atoms with E-state index in [4.69, 9.17) is 0 Å². The first kappa shape index (κ1) is 8.68. The lowest BCUT2D eigenvalue weighted by Crippen LogP contribution is -1.88. The molecule has 0 aliphatic rings. The van der Waals surface area contributed by atoms with Crippen molar-refractivity contribution in [2.45, 2.75) is 6.42 Å². The van der Waals surface area contributed by atoms with E-state index < -0.39 is 0 Å². The third-order valence-corrected chi connectivity index (χ3v) is 3.49. The minimum atomic E-state index is 0.886. The van der Waals surface area contributed by atoms with Crippen LogP contribution in [-0.4, -0.2) is 9.97 Å². The molecule has 74 valence electrons. The third kappa shape index (κ3) is 1.55. The van der Waals surface area contributed by atoms with Crippen LogP contribution >= 0.6 is 11.3 Å². The molecule has 1 aromatic carbocycles. The highest BCUT2D eigenvalue weighted by Gasteiger charge is 2.04. The number of aromatic amines is 1. The Kier molecular flexibility index (Phi) is 2.03. The van der Waals surface area contributed by atoms with Crippen LogP contribution in [0.1, 0.15) is 11.4 Å². The first-order chi connectivity index (χ1) is 7.43. The molecule has 0 fully saturated rings. The second-order valence-electron chi connectivity index (χ2n) is 3.47. The SMILES string of the molecule is c1ccc2c(Cc3ncc[nH]3)csc2c1. The Morgan fingerprint density at radius 1 is 1.27 bits per heavy atom. The van der Waals surface area contributed by atoms with Gasteiger partial charge in [-0.1, -0.05) is 18.2 Å². The Hall–Kier alpha value is -1.61. The topological polar surface area (TPSA) is 28.7 Å². The molecule has 0 saturated carbocycles. The summed E-state index contributed by atoms with van der Waals surface area (Å²) in [4.78, 5) is 7.38. The molecule has 3 heteroatoms. The Bertz CT molecular complexity index is 566. The van der Waals surface area contributed by atoms with Crippen molar-refractivity contribution < 1.29 is 0 Å². The second kappa shape index (κ2) is 3.51. The van der Waals surface area contributed by atoms with Crippen LogP contribution in [0.25, 0.3) is 10.1 Å². The van der Waals surface area contributed by atoms with E-state index >= 15 is 0 Å². The van der Waals surface area contributed by atoms with Crippen LogP contribution in [0.4, 0.5) is 0 Å². The summed E-state index contributed by atoms with van der Waals surface area (Å²) < 4.78 is 1.35. The molecule has 0 bridgehead atoms. The Labute approximate surface area is 91.6 Å². The van der Waals surface area contributed by atoms with Gasteiger partial charge in [0.15, 0.2) is 0 Å². The number of nitrogens with one attached hydrogen (secondary N) is 1. The number of aromatic nitrogens is 2. The van der Waals surface area contributed by atoms with E-state index in [0.717, 1.165) is 12.2 Å². The normalized spacial score (nSPS) is 10.9. The fraction of sp³-hybridized carbons (Fsp3) is 0.0833. The highest BCUT2D eigenvalue weighted by molar-refractivity contribution is 7.17. The van der Waals surface area contributed by atoms with Crippen molar-refractivity contribution in [3.63, 3.8) is 0 Å². The molecule has 0 aliphatic heterocycles. The van der Waals surface area contributed by atoms with Crippen molar-refractivity contribution in [3.05, 3.63) is 53.4 Å². The summed E-state index contributed by atoms with van der Waals surface area (Å²) in [6.07, 6.45) is 4.55. The summed E-state index contributed by atoms with van der Waals surface area (Å²) in [6, 6.07) is 8.49. The number of hydrogen-bond acceptors (Lipinski definition) is 2. The molecular weight excluding hydrogens is 204 g/mol. The van der Waals surface area contributed by atoms with E-state index in [1.165, 1.54) is 15.6 Å². The van der Waals surface area contributed by atoms with Crippen molar-refractivity contribution in [2.24, 2.45) is 0 Å². The molecule has 0 amide bonds. The van der Waals surface area contributed by atoms with Crippen molar-refractivity contribution >= 4 is 21.4 Å². The maximum absolute atomic E-state index is 4.25. The molecule has 2 heterocycles. The summed E-state index contributed by atoms with van der Waals surface area (Å²) in [5.74, 6) is 1.03. The molecule has 1 N–H and O–H groups in total. The van der Waals surface area contributed by atoms with Crippen molar-refractivity contribution in [2.75, 3.05) is 0 Å². The fourth-order valence-electron chi connectivity index (χ4n) is 1.74. The van der Waals surface area contributed by atoms with Gasteiger partial charge in [0.1, 0.15) is 5.82 Å². The molecule has 2 aromatic heterocycles. The van der Waals surface area contributed by atoms with E-state index in [-0.39, 0.29) is 0 Å². The lowest BCUT2D eigenvalue weighted by molar-refractivity contribution is 1.04. The lowest BCUT2D eigenvalue weighted by atomic mass is 10.1. The van der Waals surface area contributed by atoms with Gasteiger partial charge in [0.05, 0.1) is 0 Å². The fourth-order valence-corrected chi connectivity index (χ4v) is 2.71. The molecule has 2 nitrogen and oxygen atoms in total. The minimum absolute atomic E-state index is 0.886. The van der Waals surface area contributed by atoms with Gasteiger partial charge in [-0.15, -0.1) is 11.3 Å². The second-order valence-corrected chi connectivity index (χ2v) is 4.38. The van der Waals surface area contributed by atoms with Gasteiger partial charge >= 0.3 is 0 Å². The molecule has 0 unspecified atom stereocenters. The van der Waals surface area contributed by atoms with E-state index in [0.29, 0.717) is 0 Å². The molecule has 3 aromatic rings. The van der Waals surface area contributed by atoms with Crippen LogP contribution < -0.4 is 0 Å². The maximum Gasteiger partial charge on any atom is 0.110 e. The zero-order valence-corrected chi connectivity index (χ0v) is 8.92. The standard InChI is InChI=1S/C12H10N2S/c1-2-4-11-10(3-1)9(8-15-11)7-12-13-5-6-14-12/h1-6,8H,7H2,(H,13,14). The number of thiophene rings is 1. The zero-order chi connectivity index (χ0) is 10.1. The van der Waals surface area contributed by atoms with Gasteiger partial charge in [-0.05, 0) is 22.4 Å². The number of benzene rings is 1. The predicted molar refractivity (Wildman–Crippen MR) is 63.2 cm³/mol. The molecular formula is C12H10N2S. The van der Waals surface area contributed by atoms with Crippen LogP contribution in [-0.2, 0) is 6.42 Å². The number of hydrogen-bond donors (Lipinski definition) is 1. The number of nitrogens with zero attached hydrogens (tertiary/aromatic N) is 1. The van der Waals surface area contributed by atoms with Gasteiger partial charge < -0.3 is 4.98 Å². The van der Waals surface area contributed by atoms with Gasteiger partial charge in [0, 0.05) is 23.5 Å².